The fourth-order valence-electron chi connectivity index (χ4n) is 2.54. The molecule has 0 aliphatic carbocycles. The van der Waals surface area contributed by atoms with E-state index in [0.717, 1.165) is 16.2 Å². The van der Waals surface area contributed by atoms with Crippen LogP contribution in [0.1, 0.15) is 38.9 Å². The number of anilines is 1. The predicted molar refractivity (Wildman–Crippen MR) is 125 cm³/mol. The van der Waals surface area contributed by atoms with Crippen LogP contribution in [0.15, 0.2) is 29.2 Å². The third kappa shape index (κ3) is 7.25. The molecule has 8 nitrogen and oxygen atoms in total. The Kier molecular flexibility index (Phi) is 10.0. The van der Waals surface area contributed by atoms with Gasteiger partial charge in [-0.25, -0.2) is 4.79 Å². The van der Waals surface area contributed by atoms with Crippen LogP contribution in [0.4, 0.5) is 5.00 Å². The zero-order chi connectivity index (χ0) is 23.7. The number of carbonyl (C=O) groups is 4. The minimum Gasteiger partial charge on any atom is -0.462 e. The SMILES string of the molecule is CCOC(=O)c1c(NC(=O)COC(=O)CCSc2ccc(Cl)cc2)sc(C(=O)NC)c1C. The number of halogens is 1. The van der Waals surface area contributed by atoms with Gasteiger partial charge in [-0.1, -0.05) is 11.6 Å². The average molecular weight is 499 g/mol. The number of thioether (sulfide) groups is 1. The van der Waals surface area contributed by atoms with Crippen molar-refractivity contribution < 1.29 is 28.7 Å². The molecule has 1 heterocycles. The molecule has 0 atom stereocenters. The van der Waals surface area contributed by atoms with E-state index >= 15 is 0 Å². The maximum Gasteiger partial charge on any atom is 0.341 e. The van der Waals surface area contributed by atoms with Crippen LogP contribution in [-0.4, -0.2) is 49.8 Å². The third-order valence-electron chi connectivity index (χ3n) is 4.07. The molecule has 0 fully saturated rings. The van der Waals surface area contributed by atoms with Gasteiger partial charge in [0.15, 0.2) is 6.61 Å². The summed E-state index contributed by atoms with van der Waals surface area (Å²) >= 11 is 8.25. The summed E-state index contributed by atoms with van der Waals surface area (Å²) in [6.07, 6.45) is 0.119. The number of hydrogen-bond donors (Lipinski definition) is 2. The molecule has 2 amide bonds. The molecule has 0 unspecified atom stereocenters. The minimum atomic E-state index is -0.650. The first kappa shape index (κ1) is 25.7. The zero-order valence-electron chi connectivity index (χ0n) is 17.8. The van der Waals surface area contributed by atoms with E-state index in [0.29, 0.717) is 16.3 Å². The predicted octanol–water partition coefficient (Wildman–Crippen LogP) is 3.91. The van der Waals surface area contributed by atoms with Crippen LogP contribution in [0.2, 0.25) is 5.02 Å². The second-order valence-electron chi connectivity index (χ2n) is 6.32. The molecule has 0 aliphatic heterocycles. The lowest BCUT2D eigenvalue weighted by atomic mass is 10.1. The van der Waals surface area contributed by atoms with Crippen LogP contribution in [0.3, 0.4) is 0 Å². The molecule has 0 aliphatic rings. The molecular weight excluding hydrogens is 476 g/mol. The number of carbonyl (C=O) groups excluding carboxylic acids is 4. The monoisotopic (exact) mass is 498 g/mol. The standard InChI is InChI=1S/C21H23ClN2O6S2/c1-4-29-21(28)17-12(2)18(19(27)23-3)32-20(17)24-15(25)11-30-16(26)9-10-31-14-7-5-13(22)6-8-14/h5-8H,4,9-11H2,1-3H3,(H,23,27)(H,24,25). The van der Waals surface area contributed by atoms with Gasteiger partial charge in [-0.3, -0.25) is 14.4 Å². The molecule has 0 saturated heterocycles. The van der Waals surface area contributed by atoms with Crippen molar-refractivity contribution in [2.24, 2.45) is 0 Å². The Balaban J connectivity index is 1.92. The van der Waals surface area contributed by atoms with E-state index in [-0.39, 0.29) is 34.4 Å². The fraction of sp³-hybridized carbons (Fsp3) is 0.333. The van der Waals surface area contributed by atoms with Gasteiger partial charge >= 0.3 is 11.9 Å². The number of rotatable bonds is 10. The summed E-state index contributed by atoms with van der Waals surface area (Å²) in [5.74, 6) is -1.71. The van der Waals surface area contributed by atoms with Crippen molar-refractivity contribution in [2.45, 2.75) is 25.2 Å². The molecule has 2 aromatic rings. The maximum atomic E-state index is 12.3. The van der Waals surface area contributed by atoms with Crippen molar-refractivity contribution in [3.63, 3.8) is 0 Å². The summed E-state index contributed by atoms with van der Waals surface area (Å²) in [6, 6.07) is 7.23. The highest BCUT2D eigenvalue weighted by Gasteiger charge is 2.26. The first-order chi connectivity index (χ1) is 15.3. The lowest BCUT2D eigenvalue weighted by molar-refractivity contribution is -0.146. The molecule has 0 bridgehead atoms. The van der Waals surface area contributed by atoms with Crippen LogP contribution in [0.25, 0.3) is 0 Å². The quantitative estimate of drug-likeness (QED) is 0.377. The first-order valence-corrected chi connectivity index (χ1v) is 11.8. The van der Waals surface area contributed by atoms with Gasteiger partial charge in [0, 0.05) is 22.7 Å². The number of esters is 2. The van der Waals surface area contributed by atoms with Crippen LogP contribution in [0, 0.1) is 6.92 Å². The number of benzene rings is 1. The van der Waals surface area contributed by atoms with E-state index in [1.807, 2.05) is 12.1 Å². The van der Waals surface area contributed by atoms with Gasteiger partial charge in [0.2, 0.25) is 0 Å². The molecule has 1 aromatic carbocycles. The molecule has 2 N–H and O–H groups in total. The van der Waals surface area contributed by atoms with Crippen molar-refractivity contribution in [1.29, 1.82) is 0 Å². The summed E-state index contributed by atoms with van der Waals surface area (Å²) < 4.78 is 10.0. The van der Waals surface area contributed by atoms with Crippen LogP contribution in [-0.2, 0) is 19.1 Å². The van der Waals surface area contributed by atoms with Crippen LogP contribution in [0.5, 0.6) is 0 Å². The molecule has 2 rings (SSSR count). The van der Waals surface area contributed by atoms with E-state index in [1.165, 1.54) is 18.8 Å². The van der Waals surface area contributed by atoms with E-state index in [9.17, 15) is 19.2 Å². The molecule has 32 heavy (non-hydrogen) atoms. The Hall–Kier alpha value is -2.56. The number of amides is 2. The van der Waals surface area contributed by atoms with E-state index < -0.39 is 24.5 Å². The summed E-state index contributed by atoms with van der Waals surface area (Å²) in [6.45, 7) is 2.88. The minimum absolute atomic E-state index is 0.106. The molecular formula is C21H23ClN2O6S2. The Morgan fingerprint density at radius 1 is 1.12 bits per heavy atom. The molecule has 0 spiro atoms. The molecule has 1 aromatic heterocycles. The Bertz CT molecular complexity index is 991. The van der Waals surface area contributed by atoms with Crippen molar-refractivity contribution >= 4 is 63.5 Å². The molecule has 0 saturated carbocycles. The van der Waals surface area contributed by atoms with Crippen LogP contribution >= 0.6 is 34.7 Å². The lowest BCUT2D eigenvalue weighted by Crippen LogP contribution is -2.22. The highest BCUT2D eigenvalue weighted by Crippen LogP contribution is 2.33. The summed E-state index contributed by atoms with van der Waals surface area (Å²) in [7, 11) is 1.47. The number of thiophene rings is 1. The van der Waals surface area contributed by atoms with Crippen molar-refractivity contribution in [2.75, 3.05) is 31.3 Å². The lowest BCUT2D eigenvalue weighted by Gasteiger charge is -2.08. The van der Waals surface area contributed by atoms with Gasteiger partial charge in [-0.15, -0.1) is 23.1 Å². The van der Waals surface area contributed by atoms with Crippen molar-refractivity contribution in [3.05, 3.63) is 45.3 Å². The topological polar surface area (TPSA) is 111 Å². The van der Waals surface area contributed by atoms with Crippen molar-refractivity contribution in [1.82, 2.24) is 5.32 Å². The van der Waals surface area contributed by atoms with Crippen molar-refractivity contribution in [3.8, 4) is 0 Å². The van der Waals surface area contributed by atoms with Gasteiger partial charge in [-0.05, 0) is 43.7 Å². The second kappa shape index (κ2) is 12.5. The largest absolute Gasteiger partial charge is 0.462 e. The van der Waals surface area contributed by atoms with Gasteiger partial charge in [0.1, 0.15) is 5.00 Å². The highest BCUT2D eigenvalue weighted by molar-refractivity contribution is 7.99. The highest BCUT2D eigenvalue weighted by atomic mass is 35.5. The number of hydrogen-bond acceptors (Lipinski definition) is 8. The Morgan fingerprint density at radius 2 is 1.81 bits per heavy atom. The molecule has 0 radical (unpaired) electrons. The number of ether oxygens (including phenoxy) is 2. The second-order valence-corrected chi connectivity index (χ2v) is 8.95. The average Bonchev–Trinajstić information content (AvgIpc) is 3.09. The maximum absolute atomic E-state index is 12.3. The summed E-state index contributed by atoms with van der Waals surface area (Å²) in [5.41, 5.74) is 0.508. The fourth-order valence-corrected chi connectivity index (χ4v) is 4.66. The smallest absolute Gasteiger partial charge is 0.341 e. The Morgan fingerprint density at radius 3 is 2.44 bits per heavy atom. The van der Waals surface area contributed by atoms with Gasteiger partial charge in [0.25, 0.3) is 11.8 Å². The van der Waals surface area contributed by atoms with Gasteiger partial charge < -0.3 is 20.1 Å². The molecule has 172 valence electrons. The van der Waals surface area contributed by atoms with Crippen LogP contribution < -0.4 is 10.6 Å². The molecule has 11 heteroatoms. The summed E-state index contributed by atoms with van der Waals surface area (Å²) in [4.78, 5) is 49.8. The third-order valence-corrected chi connectivity index (χ3v) is 6.54. The van der Waals surface area contributed by atoms with Gasteiger partial charge in [-0.2, -0.15) is 0 Å². The van der Waals surface area contributed by atoms with Gasteiger partial charge in [0.05, 0.1) is 23.5 Å². The van der Waals surface area contributed by atoms with E-state index in [2.05, 4.69) is 10.6 Å². The Labute approximate surface area is 199 Å². The van der Waals surface area contributed by atoms with E-state index in [1.54, 1.807) is 26.0 Å². The zero-order valence-corrected chi connectivity index (χ0v) is 20.2. The number of nitrogens with one attached hydrogen (secondary N) is 2. The first-order valence-electron chi connectivity index (χ1n) is 9.63. The normalized spacial score (nSPS) is 10.4. The summed E-state index contributed by atoms with van der Waals surface area (Å²) in [5, 5.41) is 5.83. The van der Waals surface area contributed by atoms with E-state index in [4.69, 9.17) is 21.1 Å².